The van der Waals surface area contributed by atoms with Gasteiger partial charge in [-0.2, -0.15) is 0 Å². The highest BCUT2D eigenvalue weighted by Crippen LogP contribution is 2.18. The van der Waals surface area contributed by atoms with Gasteiger partial charge >= 0.3 is 0 Å². The molecule has 3 rings (SSSR count). The van der Waals surface area contributed by atoms with E-state index in [0.717, 1.165) is 38.4 Å². The zero-order chi connectivity index (χ0) is 17.6. The van der Waals surface area contributed by atoms with Gasteiger partial charge < -0.3 is 14.7 Å². The van der Waals surface area contributed by atoms with Crippen LogP contribution in [0.4, 0.5) is 5.69 Å². The summed E-state index contributed by atoms with van der Waals surface area (Å²) in [5.74, 6) is -0.00648. The molecule has 0 radical (unpaired) electrons. The number of anilines is 1. The lowest BCUT2D eigenvalue weighted by atomic mass is 10.1. The highest BCUT2D eigenvalue weighted by Gasteiger charge is 2.17. The van der Waals surface area contributed by atoms with Gasteiger partial charge in [0.15, 0.2) is 0 Å². The molecule has 1 aliphatic heterocycles. The summed E-state index contributed by atoms with van der Waals surface area (Å²) in [6.07, 6.45) is 4.95. The molecule has 6 nitrogen and oxygen atoms in total. The summed E-state index contributed by atoms with van der Waals surface area (Å²) in [7, 11) is 1.79. The molecule has 2 heterocycles. The molecule has 0 aliphatic carbocycles. The van der Waals surface area contributed by atoms with Crippen LogP contribution in [0.2, 0.25) is 0 Å². The Morgan fingerprint density at radius 2 is 1.84 bits per heavy atom. The van der Waals surface area contributed by atoms with Crippen molar-refractivity contribution in [3.05, 3.63) is 54.1 Å². The minimum absolute atomic E-state index is 0.00648. The maximum Gasteiger partial charge on any atom is 0.253 e. The van der Waals surface area contributed by atoms with Crippen molar-refractivity contribution >= 4 is 11.6 Å². The zero-order valence-corrected chi connectivity index (χ0v) is 14.9. The lowest BCUT2D eigenvalue weighted by molar-refractivity contribution is 0.0783. The molecule has 2 aromatic rings. The van der Waals surface area contributed by atoms with Crippen LogP contribution in [0, 0.1) is 0 Å². The molecule has 6 heteroatoms. The van der Waals surface area contributed by atoms with Crippen molar-refractivity contribution in [2.75, 3.05) is 44.7 Å². The smallest absolute Gasteiger partial charge is 0.253 e. The molecule has 0 atom stereocenters. The average Bonchev–Trinajstić information content (AvgIpc) is 2.68. The second-order valence-electron chi connectivity index (χ2n) is 6.33. The summed E-state index contributed by atoms with van der Waals surface area (Å²) in [5, 5.41) is 0. The lowest BCUT2D eigenvalue weighted by Crippen LogP contribution is -2.46. The van der Waals surface area contributed by atoms with Crippen LogP contribution in [-0.4, -0.2) is 65.4 Å². The largest absolute Gasteiger partial charge is 0.369 e. The summed E-state index contributed by atoms with van der Waals surface area (Å²) in [4.78, 5) is 27.3. The van der Waals surface area contributed by atoms with Crippen LogP contribution in [0.3, 0.4) is 0 Å². The number of nitrogens with zero attached hydrogens (tertiary/aromatic N) is 5. The summed E-state index contributed by atoms with van der Waals surface area (Å²) in [5.41, 5.74) is 2.66. The Morgan fingerprint density at radius 3 is 2.44 bits per heavy atom. The first-order chi connectivity index (χ1) is 12.2. The van der Waals surface area contributed by atoms with Crippen molar-refractivity contribution in [2.24, 2.45) is 0 Å². The Bertz CT molecular complexity index is 681. The normalized spacial score (nSPS) is 15.2. The van der Waals surface area contributed by atoms with Gasteiger partial charge in [-0.25, -0.2) is 0 Å². The van der Waals surface area contributed by atoms with E-state index in [-0.39, 0.29) is 5.91 Å². The number of likely N-dealkylation sites (N-methyl/N-ethyl adjacent to an activating group) is 1. The third kappa shape index (κ3) is 4.33. The summed E-state index contributed by atoms with van der Waals surface area (Å²) in [6, 6.07) is 7.92. The number of rotatable bonds is 5. The van der Waals surface area contributed by atoms with E-state index in [1.165, 1.54) is 5.69 Å². The zero-order valence-electron chi connectivity index (χ0n) is 14.9. The SMILES string of the molecule is CCN1CCN(c2ccc(C(=O)N(C)Cc3cnccn3)cc2)CC1. The number of hydrogen-bond acceptors (Lipinski definition) is 5. The summed E-state index contributed by atoms with van der Waals surface area (Å²) < 4.78 is 0. The molecule has 1 aromatic carbocycles. The number of amides is 1. The van der Waals surface area contributed by atoms with Gasteiger partial charge in [-0.1, -0.05) is 6.92 Å². The molecule has 0 spiro atoms. The fourth-order valence-electron chi connectivity index (χ4n) is 3.08. The van der Waals surface area contributed by atoms with Crippen LogP contribution in [0.5, 0.6) is 0 Å². The summed E-state index contributed by atoms with van der Waals surface area (Å²) in [6.45, 7) is 8.03. The monoisotopic (exact) mass is 339 g/mol. The van der Waals surface area contributed by atoms with E-state index in [1.54, 1.807) is 30.5 Å². The quantitative estimate of drug-likeness (QED) is 0.833. The van der Waals surface area contributed by atoms with Crippen LogP contribution in [0.1, 0.15) is 23.0 Å². The third-order valence-corrected chi connectivity index (χ3v) is 4.66. The Hall–Kier alpha value is -2.47. The number of carbonyl (C=O) groups is 1. The molecule has 0 N–H and O–H groups in total. The van der Waals surface area contributed by atoms with Gasteiger partial charge in [0.2, 0.25) is 0 Å². The predicted octanol–water partition coefficient (Wildman–Crippen LogP) is 1.89. The van der Waals surface area contributed by atoms with Gasteiger partial charge in [-0.3, -0.25) is 14.8 Å². The van der Waals surface area contributed by atoms with E-state index in [9.17, 15) is 4.79 Å². The predicted molar refractivity (Wildman–Crippen MR) is 98.6 cm³/mol. The fourth-order valence-corrected chi connectivity index (χ4v) is 3.08. The standard InChI is InChI=1S/C19H25N5O/c1-3-23-10-12-24(13-11-23)18-6-4-16(5-7-18)19(25)22(2)15-17-14-20-8-9-21-17/h4-9,14H,3,10-13,15H2,1-2H3. The Labute approximate surface area is 149 Å². The first-order valence-electron chi connectivity index (χ1n) is 8.75. The van der Waals surface area contributed by atoms with Gasteiger partial charge in [0.25, 0.3) is 5.91 Å². The van der Waals surface area contributed by atoms with Gasteiger partial charge in [-0.05, 0) is 30.8 Å². The van der Waals surface area contributed by atoms with Crippen molar-refractivity contribution < 1.29 is 4.79 Å². The number of piperazine rings is 1. The van der Waals surface area contributed by atoms with E-state index in [2.05, 4.69) is 26.7 Å². The topological polar surface area (TPSA) is 52.6 Å². The molecule has 1 aromatic heterocycles. The van der Waals surface area contributed by atoms with E-state index < -0.39 is 0 Å². The molecule has 1 amide bonds. The van der Waals surface area contributed by atoms with E-state index >= 15 is 0 Å². The van der Waals surface area contributed by atoms with Crippen LogP contribution < -0.4 is 4.90 Å². The second kappa shape index (κ2) is 8.07. The molecule has 1 saturated heterocycles. The minimum Gasteiger partial charge on any atom is -0.369 e. The number of hydrogen-bond donors (Lipinski definition) is 0. The van der Waals surface area contributed by atoms with Gasteiger partial charge in [0.05, 0.1) is 18.4 Å². The number of benzene rings is 1. The van der Waals surface area contributed by atoms with E-state index in [4.69, 9.17) is 0 Å². The van der Waals surface area contributed by atoms with Crippen molar-refractivity contribution in [3.63, 3.8) is 0 Å². The van der Waals surface area contributed by atoms with Crippen LogP contribution in [0.25, 0.3) is 0 Å². The minimum atomic E-state index is -0.00648. The lowest BCUT2D eigenvalue weighted by Gasteiger charge is -2.35. The molecular weight excluding hydrogens is 314 g/mol. The third-order valence-electron chi connectivity index (χ3n) is 4.66. The van der Waals surface area contributed by atoms with Crippen molar-refractivity contribution in [1.82, 2.24) is 19.8 Å². The van der Waals surface area contributed by atoms with Gasteiger partial charge in [0, 0.05) is 56.9 Å². The number of aromatic nitrogens is 2. The van der Waals surface area contributed by atoms with Crippen LogP contribution >= 0.6 is 0 Å². The molecular formula is C19H25N5O. The van der Waals surface area contributed by atoms with E-state index in [0.29, 0.717) is 12.1 Å². The Kier molecular flexibility index (Phi) is 5.60. The molecule has 0 unspecified atom stereocenters. The number of carbonyl (C=O) groups excluding carboxylic acids is 1. The molecule has 0 bridgehead atoms. The second-order valence-corrected chi connectivity index (χ2v) is 6.33. The van der Waals surface area contributed by atoms with Gasteiger partial charge in [0.1, 0.15) is 0 Å². The van der Waals surface area contributed by atoms with Crippen LogP contribution in [-0.2, 0) is 6.54 Å². The van der Waals surface area contributed by atoms with E-state index in [1.807, 2.05) is 24.3 Å². The van der Waals surface area contributed by atoms with Crippen molar-refractivity contribution in [1.29, 1.82) is 0 Å². The van der Waals surface area contributed by atoms with Crippen molar-refractivity contribution in [2.45, 2.75) is 13.5 Å². The Balaban J connectivity index is 1.60. The highest BCUT2D eigenvalue weighted by atomic mass is 16.2. The Morgan fingerprint density at radius 1 is 1.12 bits per heavy atom. The first kappa shape index (κ1) is 17.4. The maximum absolute atomic E-state index is 12.6. The molecule has 0 saturated carbocycles. The first-order valence-corrected chi connectivity index (χ1v) is 8.75. The molecule has 1 aliphatic rings. The van der Waals surface area contributed by atoms with Crippen LogP contribution in [0.15, 0.2) is 42.9 Å². The highest BCUT2D eigenvalue weighted by molar-refractivity contribution is 5.94. The molecule has 25 heavy (non-hydrogen) atoms. The maximum atomic E-state index is 12.6. The summed E-state index contributed by atoms with van der Waals surface area (Å²) >= 11 is 0. The molecule has 1 fully saturated rings. The van der Waals surface area contributed by atoms with Crippen molar-refractivity contribution in [3.8, 4) is 0 Å². The fraction of sp³-hybridized carbons (Fsp3) is 0.421. The average molecular weight is 339 g/mol. The van der Waals surface area contributed by atoms with Gasteiger partial charge in [-0.15, -0.1) is 0 Å². The molecule has 132 valence electrons.